The van der Waals surface area contributed by atoms with E-state index < -0.39 is 4.27 Å². The zero-order chi connectivity index (χ0) is 18.1. The van der Waals surface area contributed by atoms with Crippen molar-refractivity contribution in [3.8, 4) is 0 Å². The van der Waals surface area contributed by atoms with E-state index in [1.807, 2.05) is 24.3 Å². The van der Waals surface area contributed by atoms with Crippen LogP contribution in [0, 0.1) is 13.8 Å². The number of hydrogen-bond acceptors (Lipinski definition) is 4. The van der Waals surface area contributed by atoms with E-state index in [4.69, 9.17) is 4.74 Å². The Morgan fingerprint density at radius 3 is 1.77 bits per heavy atom. The van der Waals surface area contributed by atoms with Crippen LogP contribution in [-0.2, 0) is 9.00 Å². The van der Waals surface area contributed by atoms with Crippen LogP contribution in [0.1, 0.15) is 27.0 Å². The minimum atomic E-state index is -0.821. The standard InChI is InChI=1S/C22H18O2S2/c1-15-7-11-17(12-8-15)25-22(26-18-13-9-16(2)10-14-18)20-6-4-3-5-19(20)21(23)24-22/h3-14H,1-2H3. The molecule has 0 fully saturated rings. The first-order valence-electron chi connectivity index (χ1n) is 8.40. The molecule has 0 saturated heterocycles. The van der Waals surface area contributed by atoms with Crippen molar-refractivity contribution < 1.29 is 9.53 Å². The lowest BCUT2D eigenvalue weighted by molar-refractivity contribution is 0.0473. The van der Waals surface area contributed by atoms with Crippen LogP contribution in [0.25, 0.3) is 0 Å². The fraction of sp³-hybridized carbons (Fsp3) is 0.136. The van der Waals surface area contributed by atoms with E-state index in [0.717, 1.165) is 15.4 Å². The van der Waals surface area contributed by atoms with Crippen LogP contribution in [0.3, 0.4) is 0 Å². The second kappa shape index (κ2) is 6.86. The summed E-state index contributed by atoms with van der Waals surface area (Å²) in [6.45, 7) is 4.13. The van der Waals surface area contributed by atoms with Crippen LogP contribution in [-0.4, -0.2) is 5.97 Å². The monoisotopic (exact) mass is 378 g/mol. The van der Waals surface area contributed by atoms with Crippen molar-refractivity contribution in [1.29, 1.82) is 0 Å². The van der Waals surface area contributed by atoms with Gasteiger partial charge in [-0.1, -0.05) is 77.1 Å². The lowest BCUT2D eigenvalue weighted by atomic mass is 10.1. The van der Waals surface area contributed by atoms with Gasteiger partial charge in [-0.25, -0.2) is 4.79 Å². The molecule has 4 heteroatoms. The molecule has 0 aliphatic carbocycles. The smallest absolute Gasteiger partial charge is 0.340 e. The number of hydrogen-bond donors (Lipinski definition) is 0. The average molecular weight is 379 g/mol. The summed E-state index contributed by atoms with van der Waals surface area (Å²) in [5.74, 6) is -0.264. The van der Waals surface area contributed by atoms with Gasteiger partial charge in [0.05, 0.1) is 5.56 Å². The van der Waals surface area contributed by atoms with Crippen LogP contribution in [0.4, 0.5) is 0 Å². The van der Waals surface area contributed by atoms with Gasteiger partial charge < -0.3 is 4.74 Å². The molecule has 4 rings (SSSR count). The quantitative estimate of drug-likeness (QED) is 0.401. The first-order chi connectivity index (χ1) is 12.6. The average Bonchev–Trinajstić information content (AvgIpc) is 2.91. The van der Waals surface area contributed by atoms with Crippen LogP contribution < -0.4 is 0 Å². The normalized spacial score (nSPS) is 14.8. The van der Waals surface area contributed by atoms with Crippen molar-refractivity contribution in [1.82, 2.24) is 0 Å². The Morgan fingerprint density at radius 2 is 1.23 bits per heavy atom. The Hall–Kier alpha value is -2.17. The second-order valence-corrected chi connectivity index (χ2v) is 9.08. The number of carbonyl (C=O) groups excluding carboxylic acids is 1. The number of fused-ring (bicyclic) bond motifs is 1. The molecular formula is C22H18O2S2. The molecule has 1 aliphatic rings. The summed E-state index contributed by atoms with van der Waals surface area (Å²) in [7, 11) is 0. The van der Waals surface area contributed by atoms with Gasteiger partial charge in [-0.15, -0.1) is 0 Å². The summed E-state index contributed by atoms with van der Waals surface area (Å²) in [5, 5.41) is 0. The fourth-order valence-electron chi connectivity index (χ4n) is 2.86. The molecule has 3 aromatic carbocycles. The number of rotatable bonds is 4. The van der Waals surface area contributed by atoms with Crippen molar-refractivity contribution in [3.63, 3.8) is 0 Å². The van der Waals surface area contributed by atoms with Crippen molar-refractivity contribution >= 4 is 29.5 Å². The maximum atomic E-state index is 12.5. The summed E-state index contributed by atoms with van der Waals surface area (Å²) in [6, 6.07) is 24.3. The molecule has 0 radical (unpaired) electrons. The largest absolute Gasteiger partial charge is 0.429 e. The number of thioether (sulfide) groups is 2. The maximum absolute atomic E-state index is 12.5. The van der Waals surface area contributed by atoms with Crippen LogP contribution in [0.5, 0.6) is 0 Å². The van der Waals surface area contributed by atoms with E-state index in [-0.39, 0.29) is 5.97 Å². The van der Waals surface area contributed by atoms with Gasteiger partial charge in [-0.3, -0.25) is 0 Å². The molecule has 2 nitrogen and oxygen atoms in total. The van der Waals surface area contributed by atoms with Gasteiger partial charge in [-0.2, -0.15) is 0 Å². The molecule has 0 N–H and O–H groups in total. The molecule has 0 aromatic heterocycles. The molecular weight excluding hydrogens is 360 g/mol. The molecule has 0 bridgehead atoms. The zero-order valence-corrected chi connectivity index (χ0v) is 16.2. The van der Waals surface area contributed by atoms with Crippen LogP contribution >= 0.6 is 23.5 Å². The van der Waals surface area contributed by atoms with Crippen molar-refractivity contribution in [2.75, 3.05) is 0 Å². The Labute approximate surface area is 162 Å². The van der Waals surface area contributed by atoms with Crippen molar-refractivity contribution in [2.24, 2.45) is 0 Å². The van der Waals surface area contributed by atoms with Gasteiger partial charge in [0.25, 0.3) is 0 Å². The van der Waals surface area contributed by atoms with Crippen molar-refractivity contribution in [2.45, 2.75) is 27.9 Å². The van der Waals surface area contributed by atoms with Crippen LogP contribution in [0.2, 0.25) is 0 Å². The summed E-state index contributed by atoms with van der Waals surface area (Å²) >= 11 is 3.15. The topological polar surface area (TPSA) is 26.3 Å². The molecule has 1 heterocycles. The minimum absolute atomic E-state index is 0.264. The van der Waals surface area contributed by atoms with Gasteiger partial charge in [0.1, 0.15) is 0 Å². The fourth-order valence-corrected chi connectivity index (χ4v) is 5.58. The van der Waals surface area contributed by atoms with Gasteiger partial charge in [0.2, 0.25) is 4.27 Å². The molecule has 0 unspecified atom stereocenters. The number of carbonyl (C=O) groups is 1. The molecule has 0 spiro atoms. The van der Waals surface area contributed by atoms with Gasteiger partial charge in [0, 0.05) is 15.4 Å². The van der Waals surface area contributed by atoms with Crippen LogP contribution in [0.15, 0.2) is 82.6 Å². The molecule has 3 aromatic rings. The molecule has 0 amide bonds. The summed E-state index contributed by atoms with van der Waals surface area (Å²) in [4.78, 5) is 14.7. The third kappa shape index (κ3) is 3.27. The summed E-state index contributed by atoms with van der Waals surface area (Å²) in [6.07, 6.45) is 0. The number of cyclic esters (lactones) is 1. The number of aryl methyl sites for hydroxylation is 2. The zero-order valence-electron chi connectivity index (χ0n) is 14.6. The predicted octanol–water partition coefficient (Wildman–Crippen LogP) is 6.17. The summed E-state index contributed by atoms with van der Waals surface area (Å²) in [5.41, 5.74) is 3.98. The first-order valence-corrected chi connectivity index (χ1v) is 10.0. The molecule has 26 heavy (non-hydrogen) atoms. The highest BCUT2D eigenvalue weighted by atomic mass is 32.2. The lowest BCUT2D eigenvalue weighted by Crippen LogP contribution is -2.17. The van der Waals surface area contributed by atoms with Gasteiger partial charge >= 0.3 is 5.97 Å². The number of benzene rings is 3. The van der Waals surface area contributed by atoms with Gasteiger partial charge in [-0.05, 0) is 44.2 Å². The molecule has 0 saturated carbocycles. The third-order valence-corrected chi connectivity index (χ3v) is 6.91. The predicted molar refractivity (Wildman–Crippen MR) is 108 cm³/mol. The SMILES string of the molecule is Cc1ccc(SC2(Sc3ccc(C)cc3)OC(=O)c3ccccc32)cc1. The van der Waals surface area contributed by atoms with E-state index in [1.165, 1.54) is 11.1 Å². The minimum Gasteiger partial charge on any atom is -0.429 e. The Bertz CT molecular complexity index is 899. The van der Waals surface area contributed by atoms with E-state index in [0.29, 0.717) is 5.56 Å². The highest BCUT2D eigenvalue weighted by Crippen LogP contribution is 2.57. The number of ether oxygens (including phenoxy) is 1. The van der Waals surface area contributed by atoms with E-state index >= 15 is 0 Å². The Kier molecular flexibility index (Phi) is 4.55. The van der Waals surface area contributed by atoms with E-state index in [9.17, 15) is 4.79 Å². The molecule has 0 atom stereocenters. The molecule has 130 valence electrons. The maximum Gasteiger partial charge on any atom is 0.340 e. The summed E-state index contributed by atoms with van der Waals surface area (Å²) < 4.78 is 5.15. The van der Waals surface area contributed by atoms with E-state index in [1.54, 1.807) is 23.5 Å². The highest BCUT2D eigenvalue weighted by Gasteiger charge is 2.47. The first kappa shape index (κ1) is 17.3. The van der Waals surface area contributed by atoms with Gasteiger partial charge in [0.15, 0.2) is 0 Å². The number of esters is 1. The van der Waals surface area contributed by atoms with Crippen molar-refractivity contribution in [3.05, 3.63) is 95.1 Å². The lowest BCUT2D eigenvalue weighted by Gasteiger charge is -2.27. The van der Waals surface area contributed by atoms with E-state index in [2.05, 4.69) is 62.4 Å². The Morgan fingerprint density at radius 1 is 0.731 bits per heavy atom. The third-order valence-electron chi connectivity index (χ3n) is 4.25. The molecule has 1 aliphatic heterocycles. The second-order valence-electron chi connectivity index (χ2n) is 6.32. The Balaban J connectivity index is 1.78. The highest BCUT2D eigenvalue weighted by molar-refractivity contribution is 8.17.